The Morgan fingerprint density at radius 1 is 1.17 bits per heavy atom. The molecule has 0 aliphatic carbocycles. The van der Waals surface area contributed by atoms with Crippen LogP contribution in [-0.2, 0) is 17.6 Å². The second kappa shape index (κ2) is 8.74. The van der Waals surface area contributed by atoms with Crippen molar-refractivity contribution in [2.75, 3.05) is 0 Å². The Bertz CT molecular complexity index is 680. The largest absolute Gasteiger partial charge is 0.478 e. The zero-order valence-electron chi connectivity index (χ0n) is 14.1. The minimum absolute atomic E-state index is 0.324. The first kappa shape index (κ1) is 18.3. The Hall–Kier alpha value is -2.00. The maximum atomic E-state index is 11.5. The Balaban J connectivity index is 2.05. The Morgan fingerprint density at radius 2 is 1.83 bits per heavy atom. The Kier molecular flexibility index (Phi) is 6.68. The molecule has 2 aromatic rings. The lowest BCUT2D eigenvalue weighted by Crippen LogP contribution is -2.29. The van der Waals surface area contributed by atoms with Gasteiger partial charge in [0.05, 0.1) is 0 Å². The molecule has 0 saturated carbocycles. The van der Waals surface area contributed by atoms with Gasteiger partial charge in [0.15, 0.2) is 6.10 Å². The Labute approximate surface area is 148 Å². The van der Waals surface area contributed by atoms with Gasteiger partial charge in [-0.25, -0.2) is 4.79 Å². The lowest BCUT2D eigenvalue weighted by Gasteiger charge is -2.16. The number of hydrogen-bond donors (Lipinski definition) is 1. The SMILES string of the molecule is CCCCc1ccc(CC(Oc2ccc(Cl)c(C)c2)C(=O)O)cc1. The molecule has 2 aromatic carbocycles. The summed E-state index contributed by atoms with van der Waals surface area (Å²) in [6.45, 7) is 4.03. The van der Waals surface area contributed by atoms with Gasteiger partial charge in [-0.3, -0.25) is 0 Å². The van der Waals surface area contributed by atoms with Crippen molar-refractivity contribution < 1.29 is 14.6 Å². The number of halogens is 1. The molecule has 24 heavy (non-hydrogen) atoms. The second-order valence-electron chi connectivity index (χ2n) is 5.98. The second-order valence-corrected chi connectivity index (χ2v) is 6.39. The number of benzene rings is 2. The fourth-order valence-electron chi connectivity index (χ4n) is 2.47. The summed E-state index contributed by atoms with van der Waals surface area (Å²) in [7, 11) is 0. The van der Waals surface area contributed by atoms with E-state index in [1.165, 1.54) is 5.56 Å². The molecular formula is C20H23ClO3. The minimum Gasteiger partial charge on any atom is -0.478 e. The van der Waals surface area contributed by atoms with Gasteiger partial charge in [0.1, 0.15) is 5.75 Å². The third kappa shape index (κ3) is 5.27. The van der Waals surface area contributed by atoms with Crippen molar-refractivity contribution in [3.8, 4) is 5.75 Å². The predicted molar refractivity (Wildman–Crippen MR) is 97.0 cm³/mol. The molecule has 0 heterocycles. The highest BCUT2D eigenvalue weighted by Crippen LogP contribution is 2.23. The van der Waals surface area contributed by atoms with Crippen LogP contribution in [0.3, 0.4) is 0 Å². The quantitative estimate of drug-likeness (QED) is 0.726. The average molecular weight is 347 g/mol. The fourth-order valence-corrected chi connectivity index (χ4v) is 2.59. The van der Waals surface area contributed by atoms with Crippen LogP contribution in [0.5, 0.6) is 5.75 Å². The van der Waals surface area contributed by atoms with Crippen LogP contribution in [0, 0.1) is 6.92 Å². The van der Waals surface area contributed by atoms with Crippen molar-refractivity contribution in [3.05, 3.63) is 64.2 Å². The summed E-state index contributed by atoms with van der Waals surface area (Å²) in [6.07, 6.45) is 2.78. The van der Waals surface area contributed by atoms with Gasteiger partial charge in [-0.05, 0) is 54.7 Å². The summed E-state index contributed by atoms with van der Waals surface area (Å²) in [5.74, 6) is -0.457. The summed E-state index contributed by atoms with van der Waals surface area (Å²) in [4.78, 5) is 11.5. The van der Waals surface area contributed by atoms with Crippen LogP contribution in [0.15, 0.2) is 42.5 Å². The van der Waals surface area contributed by atoms with E-state index in [1.54, 1.807) is 18.2 Å². The number of hydrogen-bond acceptors (Lipinski definition) is 2. The smallest absolute Gasteiger partial charge is 0.345 e. The maximum Gasteiger partial charge on any atom is 0.345 e. The molecule has 0 saturated heterocycles. The van der Waals surface area contributed by atoms with E-state index in [4.69, 9.17) is 16.3 Å². The molecule has 0 bridgehead atoms. The van der Waals surface area contributed by atoms with E-state index in [2.05, 4.69) is 19.1 Å². The van der Waals surface area contributed by atoms with E-state index < -0.39 is 12.1 Å². The van der Waals surface area contributed by atoms with E-state index in [0.717, 1.165) is 30.4 Å². The third-order valence-electron chi connectivity index (χ3n) is 3.95. The zero-order valence-corrected chi connectivity index (χ0v) is 14.8. The number of ether oxygens (including phenoxy) is 1. The monoisotopic (exact) mass is 346 g/mol. The van der Waals surface area contributed by atoms with Crippen LogP contribution in [0.4, 0.5) is 0 Å². The maximum absolute atomic E-state index is 11.5. The standard InChI is InChI=1S/C20H23ClO3/c1-3-4-5-15-6-8-16(9-7-15)13-19(20(22)23)24-17-10-11-18(21)14(2)12-17/h6-12,19H,3-5,13H2,1-2H3,(H,22,23). The molecule has 0 aliphatic rings. The van der Waals surface area contributed by atoms with Gasteiger partial charge in [-0.2, -0.15) is 0 Å². The van der Waals surface area contributed by atoms with E-state index in [0.29, 0.717) is 17.2 Å². The van der Waals surface area contributed by atoms with Gasteiger partial charge in [-0.1, -0.05) is 49.2 Å². The van der Waals surface area contributed by atoms with Crippen molar-refractivity contribution in [1.82, 2.24) is 0 Å². The molecule has 0 radical (unpaired) electrons. The lowest BCUT2D eigenvalue weighted by atomic mass is 10.0. The van der Waals surface area contributed by atoms with Crippen LogP contribution >= 0.6 is 11.6 Å². The lowest BCUT2D eigenvalue weighted by molar-refractivity contribution is -0.145. The molecule has 0 aromatic heterocycles. The average Bonchev–Trinajstić information content (AvgIpc) is 2.56. The number of rotatable bonds is 8. The van der Waals surface area contributed by atoms with Crippen LogP contribution in [0.2, 0.25) is 5.02 Å². The van der Waals surface area contributed by atoms with Gasteiger partial charge in [0, 0.05) is 11.4 Å². The summed E-state index contributed by atoms with van der Waals surface area (Å²) >= 11 is 5.99. The summed E-state index contributed by atoms with van der Waals surface area (Å²) in [5, 5.41) is 10.1. The van der Waals surface area contributed by atoms with Crippen molar-refractivity contribution >= 4 is 17.6 Å². The third-order valence-corrected chi connectivity index (χ3v) is 4.37. The van der Waals surface area contributed by atoms with Crippen LogP contribution in [-0.4, -0.2) is 17.2 Å². The molecule has 128 valence electrons. The van der Waals surface area contributed by atoms with Crippen molar-refractivity contribution in [2.24, 2.45) is 0 Å². The minimum atomic E-state index is -0.974. The number of aryl methyl sites for hydroxylation is 2. The summed E-state index contributed by atoms with van der Waals surface area (Å²) < 4.78 is 5.65. The molecule has 0 spiro atoms. The molecule has 2 rings (SSSR count). The molecule has 0 amide bonds. The van der Waals surface area contributed by atoms with Gasteiger partial charge in [-0.15, -0.1) is 0 Å². The summed E-state index contributed by atoms with van der Waals surface area (Å²) in [6, 6.07) is 13.3. The normalized spacial score (nSPS) is 12.0. The number of carbonyl (C=O) groups is 1. The molecule has 1 atom stereocenters. The van der Waals surface area contributed by atoms with E-state index in [-0.39, 0.29) is 0 Å². The van der Waals surface area contributed by atoms with Gasteiger partial charge in [0.25, 0.3) is 0 Å². The van der Waals surface area contributed by atoms with Gasteiger partial charge >= 0.3 is 5.97 Å². The highest BCUT2D eigenvalue weighted by atomic mass is 35.5. The van der Waals surface area contributed by atoms with E-state index in [9.17, 15) is 9.90 Å². The summed E-state index contributed by atoms with van der Waals surface area (Å²) in [5.41, 5.74) is 3.09. The van der Waals surface area contributed by atoms with Crippen LogP contribution < -0.4 is 4.74 Å². The number of carboxylic acid groups (broad SMARTS) is 1. The number of unbranched alkanes of at least 4 members (excludes halogenated alkanes) is 1. The van der Waals surface area contributed by atoms with E-state index in [1.807, 2.05) is 19.1 Å². The Morgan fingerprint density at radius 3 is 2.42 bits per heavy atom. The first-order chi connectivity index (χ1) is 11.5. The van der Waals surface area contributed by atoms with Crippen molar-refractivity contribution in [1.29, 1.82) is 0 Å². The topological polar surface area (TPSA) is 46.5 Å². The fraction of sp³-hybridized carbons (Fsp3) is 0.350. The van der Waals surface area contributed by atoms with Crippen molar-refractivity contribution in [3.63, 3.8) is 0 Å². The molecule has 1 N–H and O–H groups in total. The molecule has 4 heteroatoms. The molecule has 0 fully saturated rings. The number of aliphatic carboxylic acids is 1. The molecular weight excluding hydrogens is 324 g/mol. The van der Waals surface area contributed by atoms with Crippen molar-refractivity contribution in [2.45, 2.75) is 45.6 Å². The first-order valence-corrected chi connectivity index (χ1v) is 8.61. The highest BCUT2D eigenvalue weighted by molar-refractivity contribution is 6.31. The zero-order chi connectivity index (χ0) is 17.5. The predicted octanol–water partition coefficient (Wildman–Crippen LogP) is 5.07. The van der Waals surface area contributed by atoms with Crippen LogP contribution in [0.1, 0.15) is 36.5 Å². The first-order valence-electron chi connectivity index (χ1n) is 8.23. The van der Waals surface area contributed by atoms with E-state index >= 15 is 0 Å². The molecule has 0 aliphatic heterocycles. The number of carboxylic acids is 1. The highest BCUT2D eigenvalue weighted by Gasteiger charge is 2.20. The van der Waals surface area contributed by atoms with Gasteiger partial charge < -0.3 is 9.84 Å². The molecule has 1 unspecified atom stereocenters. The van der Waals surface area contributed by atoms with Gasteiger partial charge in [0.2, 0.25) is 0 Å². The molecule has 3 nitrogen and oxygen atoms in total. The van der Waals surface area contributed by atoms with Crippen LogP contribution in [0.25, 0.3) is 0 Å².